The Morgan fingerprint density at radius 3 is 2.76 bits per heavy atom. The van der Waals surface area contributed by atoms with Gasteiger partial charge in [0.05, 0.1) is 11.8 Å². The Kier molecular flexibility index (Phi) is 4.83. The molecule has 2 unspecified atom stereocenters. The van der Waals surface area contributed by atoms with E-state index in [2.05, 4.69) is 50.7 Å². The molecular formula is C20H26N4O. The Morgan fingerprint density at radius 2 is 2.04 bits per heavy atom. The van der Waals surface area contributed by atoms with Gasteiger partial charge in [0, 0.05) is 19.3 Å². The van der Waals surface area contributed by atoms with E-state index in [0.29, 0.717) is 11.5 Å². The molecule has 25 heavy (non-hydrogen) atoms. The van der Waals surface area contributed by atoms with E-state index >= 15 is 0 Å². The van der Waals surface area contributed by atoms with E-state index in [1.54, 1.807) is 12.4 Å². The highest BCUT2D eigenvalue weighted by molar-refractivity contribution is 5.93. The number of amides is 1. The van der Waals surface area contributed by atoms with Gasteiger partial charge in [-0.2, -0.15) is 5.10 Å². The number of hydrogen-bond acceptors (Lipinski definition) is 3. The summed E-state index contributed by atoms with van der Waals surface area (Å²) in [5, 5.41) is 9.53. The molecule has 132 valence electrons. The van der Waals surface area contributed by atoms with Crippen molar-refractivity contribution in [1.82, 2.24) is 20.4 Å². The van der Waals surface area contributed by atoms with Crippen LogP contribution in [0, 0.1) is 11.8 Å². The van der Waals surface area contributed by atoms with E-state index in [4.69, 9.17) is 0 Å². The van der Waals surface area contributed by atoms with Crippen LogP contribution in [0.4, 0.5) is 0 Å². The Labute approximate surface area is 148 Å². The van der Waals surface area contributed by atoms with Crippen LogP contribution in [0.15, 0.2) is 42.7 Å². The van der Waals surface area contributed by atoms with E-state index in [-0.39, 0.29) is 5.91 Å². The van der Waals surface area contributed by atoms with Crippen LogP contribution >= 0.6 is 0 Å². The maximum atomic E-state index is 12.0. The highest BCUT2D eigenvalue weighted by atomic mass is 16.1. The first-order valence-corrected chi connectivity index (χ1v) is 9.34. The molecule has 4 rings (SSSR count). The maximum Gasteiger partial charge on any atom is 0.254 e. The number of likely N-dealkylation sites (tertiary alicyclic amines) is 1. The monoisotopic (exact) mass is 338 g/mol. The average molecular weight is 338 g/mol. The van der Waals surface area contributed by atoms with E-state index in [9.17, 15) is 4.79 Å². The van der Waals surface area contributed by atoms with Crippen LogP contribution in [-0.2, 0) is 0 Å². The Morgan fingerprint density at radius 1 is 1.24 bits per heavy atom. The molecule has 1 saturated heterocycles. The molecule has 2 N–H and O–H groups in total. The van der Waals surface area contributed by atoms with Gasteiger partial charge < -0.3 is 10.2 Å². The molecule has 1 aromatic carbocycles. The van der Waals surface area contributed by atoms with Crippen molar-refractivity contribution >= 4 is 5.91 Å². The zero-order valence-electron chi connectivity index (χ0n) is 14.5. The van der Waals surface area contributed by atoms with Crippen molar-refractivity contribution in [3.63, 3.8) is 0 Å². The number of carbonyl (C=O) groups is 1. The second-order valence-corrected chi connectivity index (χ2v) is 7.45. The Balaban J connectivity index is 1.16. The van der Waals surface area contributed by atoms with Crippen molar-refractivity contribution in [3.05, 3.63) is 53.9 Å². The molecule has 2 atom stereocenters. The van der Waals surface area contributed by atoms with E-state index in [1.165, 1.54) is 31.4 Å². The molecule has 1 aliphatic heterocycles. The summed E-state index contributed by atoms with van der Waals surface area (Å²) in [6.45, 7) is 4.32. The number of hydrogen-bond donors (Lipinski definition) is 2. The first kappa shape index (κ1) is 16.3. The minimum atomic E-state index is -0.0279. The lowest BCUT2D eigenvalue weighted by Crippen LogP contribution is -2.39. The third kappa shape index (κ3) is 4.10. The summed E-state index contributed by atoms with van der Waals surface area (Å²) >= 11 is 0. The molecule has 5 nitrogen and oxygen atoms in total. The van der Waals surface area contributed by atoms with Crippen LogP contribution < -0.4 is 5.32 Å². The van der Waals surface area contributed by atoms with Gasteiger partial charge in [0.2, 0.25) is 0 Å². The van der Waals surface area contributed by atoms with Crippen molar-refractivity contribution < 1.29 is 4.79 Å². The fourth-order valence-corrected chi connectivity index (χ4v) is 3.98. The summed E-state index contributed by atoms with van der Waals surface area (Å²) in [7, 11) is 0. The summed E-state index contributed by atoms with van der Waals surface area (Å²) in [6.07, 6.45) is 6.89. The van der Waals surface area contributed by atoms with Crippen LogP contribution in [0.5, 0.6) is 0 Å². The van der Waals surface area contributed by atoms with Gasteiger partial charge in [0.25, 0.3) is 5.91 Å². The van der Waals surface area contributed by atoms with Crippen LogP contribution in [-0.4, -0.2) is 47.2 Å². The predicted octanol–water partition coefficient (Wildman–Crippen LogP) is 2.66. The number of nitrogens with one attached hydrogen (secondary N) is 2. The van der Waals surface area contributed by atoms with Gasteiger partial charge in [-0.25, -0.2) is 0 Å². The number of carbonyl (C=O) groups excluding carboxylic acids is 1. The van der Waals surface area contributed by atoms with Crippen LogP contribution in [0.1, 0.15) is 41.1 Å². The quantitative estimate of drug-likeness (QED) is 0.851. The predicted molar refractivity (Wildman–Crippen MR) is 97.4 cm³/mol. The minimum Gasteiger partial charge on any atom is -0.352 e. The van der Waals surface area contributed by atoms with Gasteiger partial charge in [-0.05, 0) is 55.7 Å². The Hall–Kier alpha value is -2.14. The lowest BCUT2D eigenvalue weighted by molar-refractivity contribution is 0.0935. The molecule has 2 heterocycles. The summed E-state index contributed by atoms with van der Waals surface area (Å²) in [5.41, 5.74) is 2.11. The lowest BCUT2D eigenvalue weighted by atomic mass is 9.96. The smallest absolute Gasteiger partial charge is 0.254 e. The van der Waals surface area contributed by atoms with Gasteiger partial charge >= 0.3 is 0 Å². The van der Waals surface area contributed by atoms with E-state index in [1.807, 2.05) is 0 Å². The molecule has 2 fully saturated rings. The van der Waals surface area contributed by atoms with Crippen LogP contribution in [0.3, 0.4) is 0 Å². The number of benzene rings is 1. The topological polar surface area (TPSA) is 61.0 Å². The number of aromatic amines is 1. The van der Waals surface area contributed by atoms with Gasteiger partial charge in [0.15, 0.2) is 0 Å². The van der Waals surface area contributed by atoms with Gasteiger partial charge in [-0.3, -0.25) is 9.89 Å². The normalized spacial score (nSPS) is 24.2. The number of H-pyrrole nitrogens is 1. The molecule has 0 radical (unpaired) electrons. The number of piperidine rings is 1. The SMILES string of the molecule is O=C(NCC1CCN(CC2CC2c2ccccc2)CC1)c1cn[nH]c1. The molecule has 1 amide bonds. The van der Waals surface area contributed by atoms with Gasteiger partial charge in [-0.15, -0.1) is 0 Å². The highest BCUT2D eigenvalue weighted by Gasteiger charge is 2.39. The first-order valence-electron chi connectivity index (χ1n) is 9.34. The molecule has 2 aromatic rings. The molecule has 1 aromatic heterocycles. The van der Waals surface area contributed by atoms with Crippen molar-refractivity contribution in [2.24, 2.45) is 11.8 Å². The van der Waals surface area contributed by atoms with Gasteiger partial charge in [-0.1, -0.05) is 30.3 Å². The standard InChI is InChI=1S/C20H26N4O/c25-20(18-12-22-23-13-18)21-11-15-6-8-24(9-7-15)14-17-10-19(17)16-4-2-1-3-5-16/h1-5,12-13,15,17,19H,6-11,14H2,(H,21,25)(H,22,23). The molecular weight excluding hydrogens is 312 g/mol. The van der Waals surface area contributed by atoms with Crippen molar-refractivity contribution in [2.75, 3.05) is 26.2 Å². The minimum absolute atomic E-state index is 0.0279. The van der Waals surface area contributed by atoms with Crippen LogP contribution in [0.2, 0.25) is 0 Å². The average Bonchev–Trinajstić information content (AvgIpc) is 3.19. The van der Waals surface area contributed by atoms with Crippen molar-refractivity contribution in [1.29, 1.82) is 0 Å². The van der Waals surface area contributed by atoms with Gasteiger partial charge in [0.1, 0.15) is 0 Å². The fraction of sp³-hybridized carbons (Fsp3) is 0.500. The summed E-state index contributed by atoms with van der Waals surface area (Å²) in [4.78, 5) is 14.6. The second-order valence-electron chi connectivity index (χ2n) is 7.45. The van der Waals surface area contributed by atoms with Crippen molar-refractivity contribution in [3.8, 4) is 0 Å². The van der Waals surface area contributed by atoms with Crippen molar-refractivity contribution in [2.45, 2.75) is 25.2 Å². The Bertz CT molecular complexity index is 677. The fourth-order valence-electron chi connectivity index (χ4n) is 3.98. The zero-order valence-corrected chi connectivity index (χ0v) is 14.5. The molecule has 5 heteroatoms. The summed E-state index contributed by atoms with van der Waals surface area (Å²) in [5.74, 6) is 2.17. The molecule has 0 spiro atoms. The van der Waals surface area contributed by atoms with E-state index in [0.717, 1.165) is 31.5 Å². The lowest BCUT2D eigenvalue weighted by Gasteiger charge is -2.32. The highest BCUT2D eigenvalue weighted by Crippen LogP contribution is 2.47. The summed E-state index contributed by atoms with van der Waals surface area (Å²) < 4.78 is 0. The number of rotatable bonds is 6. The molecule has 1 aliphatic carbocycles. The molecule has 2 aliphatic rings. The molecule has 0 bridgehead atoms. The summed E-state index contributed by atoms with van der Waals surface area (Å²) in [6, 6.07) is 10.9. The maximum absolute atomic E-state index is 12.0. The third-order valence-corrected chi connectivity index (χ3v) is 5.66. The zero-order chi connectivity index (χ0) is 17.1. The number of aromatic nitrogens is 2. The van der Waals surface area contributed by atoms with Crippen LogP contribution in [0.25, 0.3) is 0 Å². The molecule has 1 saturated carbocycles. The first-order chi connectivity index (χ1) is 12.3. The second kappa shape index (κ2) is 7.40. The third-order valence-electron chi connectivity index (χ3n) is 5.66. The van der Waals surface area contributed by atoms with E-state index < -0.39 is 0 Å². The number of nitrogens with zero attached hydrogens (tertiary/aromatic N) is 2. The largest absolute Gasteiger partial charge is 0.352 e.